The Morgan fingerprint density at radius 1 is 1.00 bits per heavy atom. The standard InChI is InChI=1S/C22H25N3O3S/c1-16-12-14-19(15-13-16)29(26,27)25-20(17-8-4-2-5-9-17)22-23-21(24-28-22)18-10-6-3-7-11-18/h3,6-7,10-15,17,20,25H,2,4-5,8-9H2,1H3. The lowest BCUT2D eigenvalue weighted by atomic mass is 9.84. The van der Waals surface area contributed by atoms with Crippen molar-refractivity contribution in [3.63, 3.8) is 0 Å². The van der Waals surface area contributed by atoms with Gasteiger partial charge in [-0.2, -0.15) is 9.71 Å². The Labute approximate surface area is 171 Å². The zero-order chi connectivity index (χ0) is 20.3. The van der Waals surface area contributed by atoms with Crippen LogP contribution >= 0.6 is 0 Å². The summed E-state index contributed by atoms with van der Waals surface area (Å²) in [7, 11) is -3.71. The normalized spacial score (nSPS) is 16.6. The maximum absolute atomic E-state index is 13.0. The molecule has 7 heteroatoms. The number of sulfonamides is 1. The van der Waals surface area contributed by atoms with E-state index in [0.717, 1.165) is 36.8 Å². The Kier molecular flexibility index (Phi) is 5.78. The quantitative estimate of drug-likeness (QED) is 0.638. The number of hydrogen-bond acceptors (Lipinski definition) is 5. The maximum Gasteiger partial charge on any atom is 0.245 e. The third-order valence-electron chi connectivity index (χ3n) is 5.47. The molecule has 3 aromatic rings. The van der Waals surface area contributed by atoms with Crippen molar-refractivity contribution >= 4 is 10.0 Å². The summed E-state index contributed by atoms with van der Waals surface area (Å²) in [6.07, 6.45) is 5.20. The molecule has 1 aliphatic rings. The first-order valence-corrected chi connectivity index (χ1v) is 11.5. The lowest BCUT2D eigenvalue weighted by Crippen LogP contribution is -2.34. The largest absolute Gasteiger partial charge is 0.337 e. The summed E-state index contributed by atoms with van der Waals surface area (Å²) in [4.78, 5) is 4.79. The number of aromatic nitrogens is 2. The number of benzene rings is 2. The van der Waals surface area contributed by atoms with Gasteiger partial charge in [0.2, 0.25) is 21.7 Å². The van der Waals surface area contributed by atoms with Crippen LogP contribution in [0.4, 0.5) is 0 Å². The van der Waals surface area contributed by atoms with Crippen LogP contribution in [0.2, 0.25) is 0 Å². The van der Waals surface area contributed by atoms with E-state index in [-0.39, 0.29) is 10.8 Å². The van der Waals surface area contributed by atoms with Crippen molar-refractivity contribution in [2.24, 2.45) is 5.92 Å². The molecule has 0 aliphatic heterocycles. The van der Waals surface area contributed by atoms with Crippen LogP contribution in [0.1, 0.15) is 49.6 Å². The van der Waals surface area contributed by atoms with Crippen LogP contribution < -0.4 is 4.72 Å². The van der Waals surface area contributed by atoms with Gasteiger partial charge in [0, 0.05) is 5.56 Å². The van der Waals surface area contributed by atoms with Gasteiger partial charge in [0.1, 0.15) is 6.04 Å². The molecule has 1 saturated carbocycles. The highest BCUT2D eigenvalue weighted by atomic mass is 32.2. The molecule has 1 heterocycles. The van der Waals surface area contributed by atoms with Gasteiger partial charge in [-0.3, -0.25) is 0 Å². The lowest BCUT2D eigenvalue weighted by Gasteiger charge is -2.28. The minimum Gasteiger partial charge on any atom is -0.337 e. The molecule has 6 nitrogen and oxygen atoms in total. The molecule has 1 unspecified atom stereocenters. The van der Waals surface area contributed by atoms with Crippen LogP contribution in [0, 0.1) is 12.8 Å². The maximum atomic E-state index is 13.0. The molecule has 0 spiro atoms. The summed E-state index contributed by atoms with van der Waals surface area (Å²) in [5.74, 6) is 0.926. The van der Waals surface area contributed by atoms with Crippen molar-refractivity contribution in [1.82, 2.24) is 14.9 Å². The molecule has 0 radical (unpaired) electrons. The van der Waals surface area contributed by atoms with E-state index in [1.807, 2.05) is 37.3 Å². The molecule has 0 amide bonds. The van der Waals surface area contributed by atoms with Gasteiger partial charge in [0.25, 0.3) is 0 Å². The van der Waals surface area contributed by atoms with Crippen LogP contribution in [0.3, 0.4) is 0 Å². The Morgan fingerprint density at radius 2 is 1.69 bits per heavy atom. The zero-order valence-corrected chi connectivity index (χ0v) is 17.2. The smallest absolute Gasteiger partial charge is 0.245 e. The molecule has 0 saturated heterocycles. The van der Waals surface area contributed by atoms with Crippen molar-refractivity contribution in [1.29, 1.82) is 0 Å². The molecule has 1 atom stereocenters. The fraction of sp³-hybridized carbons (Fsp3) is 0.364. The Balaban J connectivity index is 1.65. The predicted octanol–water partition coefficient (Wildman–Crippen LogP) is 4.64. The van der Waals surface area contributed by atoms with Gasteiger partial charge in [-0.1, -0.05) is 72.4 Å². The van der Waals surface area contributed by atoms with Gasteiger partial charge in [-0.25, -0.2) is 8.42 Å². The van der Waals surface area contributed by atoms with Crippen LogP contribution in [-0.4, -0.2) is 18.6 Å². The fourth-order valence-corrected chi connectivity index (χ4v) is 5.09. The fourth-order valence-electron chi connectivity index (χ4n) is 3.83. The molecular formula is C22H25N3O3S. The highest BCUT2D eigenvalue weighted by molar-refractivity contribution is 7.89. The molecular weight excluding hydrogens is 386 g/mol. The van der Waals surface area contributed by atoms with Crippen molar-refractivity contribution < 1.29 is 12.9 Å². The SMILES string of the molecule is Cc1ccc(S(=O)(=O)NC(c2nc(-c3ccccc3)no2)C2CCCCC2)cc1. The van der Waals surface area contributed by atoms with E-state index in [9.17, 15) is 8.42 Å². The summed E-state index contributed by atoms with van der Waals surface area (Å²) in [5.41, 5.74) is 1.85. The van der Waals surface area contributed by atoms with Gasteiger partial charge in [0.05, 0.1) is 4.90 Å². The minimum atomic E-state index is -3.71. The summed E-state index contributed by atoms with van der Waals surface area (Å²) in [6.45, 7) is 1.93. The first kappa shape index (κ1) is 19.8. The van der Waals surface area contributed by atoms with Gasteiger partial charge < -0.3 is 4.52 Å². The number of hydrogen-bond donors (Lipinski definition) is 1. The average molecular weight is 412 g/mol. The Morgan fingerprint density at radius 3 is 2.38 bits per heavy atom. The molecule has 29 heavy (non-hydrogen) atoms. The summed E-state index contributed by atoms with van der Waals surface area (Å²) in [6, 6.07) is 15.8. The molecule has 2 aromatic carbocycles. The van der Waals surface area contributed by atoms with E-state index < -0.39 is 16.1 Å². The number of nitrogens with zero attached hydrogens (tertiary/aromatic N) is 2. The Hall–Kier alpha value is -2.51. The first-order valence-electron chi connectivity index (χ1n) is 10.0. The molecule has 1 aromatic heterocycles. The van der Waals surface area contributed by atoms with E-state index in [1.54, 1.807) is 24.3 Å². The van der Waals surface area contributed by atoms with Gasteiger partial charge in [-0.15, -0.1) is 0 Å². The number of nitrogens with one attached hydrogen (secondary N) is 1. The summed E-state index contributed by atoms with van der Waals surface area (Å²) < 4.78 is 34.5. The van der Waals surface area contributed by atoms with Gasteiger partial charge in [0.15, 0.2) is 0 Å². The average Bonchev–Trinajstić information content (AvgIpc) is 3.24. The second kappa shape index (κ2) is 8.47. The minimum absolute atomic E-state index is 0.132. The second-order valence-electron chi connectivity index (χ2n) is 7.63. The third-order valence-corrected chi connectivity index (χ3v) is 6.93. The first-order chi connectivity index (χ1) is 14.0. The molecule has 1 aliphatic carbocycles. The summed E-state index contributed by atoms with van der Waals surface area (Å²) in [5, 5.41) is 4.10. The lowest BCUT2D eigenvalue weighted by molar-refractivity contribution is 0.242. The topological polar surface area (TPSA) is 85.1 Å². The predicted molar refractivity (Wildman–Crippen MR) is 111 cm³/mol. The number of rotatable bonds is 6. The van der Waals surface area contributed by atoms with Crippen LogP contribution in [0.25, 0.3) is 11.4 Å². The van der Waals surface area contributed by atoms with E-state index in [4.69, 9.17) is 4.52 Å². The van der Waals surface area contributed by atoms with E-state index in [0.29, 0.717) is 11.7 Å². The second-order valence-corrected chi connectivity index (χ2v) is 9.35. The van der Waals surface area contributed by atoms with Crippen molar-refractivity contribution in [2.45, 2.75) is 50.0 Å². The van der Waals surface area contributed by atoms with Crippen LogP contribution in [0.15, 0.2) is 64.0 Å². The highest BCUT2D eigenvalue weighted by Crippen LogP contribution is 2.35. The van der Waals surface area contributed by atoms with Crippen LogP contribution in [0.5, 0.6) is 0 Å². The van der Waals surface area contributed by atoms with E-state index in [2.05, 4.69) is 14.9 Å². The van der Waals surface area contributed by atoms with Crippen molar-refractivity contribution in [3.8, 4) is 11.4 Å². The van der Waals surface area contributed by atoms with E-state index in [1.165, 1.54) is 6.42 Å². The zero-order valence-electron chi connectivity index (χ0n) is 16.4. The van der Waals surface area contributed by atoms with Crippen molar-refractivity contribution in [3.05, 3.63) is 66.1 Å². The van der Waals surface area contributed by atoms with Crippen molar-refractivity contribution in [2.75, 3.05) is 0 Å². The third kappa shape index (κ3) is 4.57. The molecule has 1 fully saturated rings. The van der Waals surface area contributed by atoms with Crippen LogP contribution in [-0.2, 0) is 10.0 Å². The van der Waals surface area contributed by atoms with Gasteiger partial charge in [-0.05, 0) is 37.8 Å². The number of aryl methyl sites for hydroxylation is 1. The highest BCUT2D eigenvalue weighted by Gasteiger charge is 2.33. The summed E-state index contributed by atoms with van der Waals surface area (Å²) >= 11 is 0. The monoisotopic (exact) mass is 411 g/mol. The molecule has 152 valence electrons. The molecule has 0 bridgehead atoms. The van der Waals surface area contributed by atoms with Gasteiger partial charge >= 0.3 is 0 Å². The molecule has 4 rings (SSSR count). The molecule has 1 N–H and O–H groups in total. The van der Waals surface area contributed by atoms with E-state index >= 15 is 0 Å². The Bertz CT molecular complexity index is 1040.